The third-order valence-electron chi connectivity index (χ3n) is 4.48. The molecule has 2 amide bonds. The monoisotopic (exact) mass is 313 g/mol. The molecule has 0 saturated heterocycles. The van der Waals surface area contributed by atoms with E-state index in [1.807, 2.05) is 18.2 Å². The van der Waals surface area contributed by atoms with Crippen LogP contribution in [0.4, 0.5) is 0 Å². The van der Waals surface area contributed by atoms with Crippen molar-refractivity contribution < 1.29 is 9.59 Å². The Kier molecular flexibility index (Phi) is 4.37. The van der Waals surface area contributed by atoms with Gasteiger partial charge in [0.1, 0.15) is 0 Å². The van der Waals surface area contributed by atoms with E-state index < -0.39 is 0 Å². The molecular weight excluding hydrogens is 290 g/mol. The van der Waals surface area contributed by atoms with Gasteiger partial charge >= 0.3 is 0 Å². The SMILES string of the molecule is CC(=O)NCCNC(=O)c1ccc2[nH]c3c(c2c1)C[C@@H](C)CC3. The predicted octanol–water partition coefficient (Wildman–Crippen LogP) is 2.16. The number of fused-ring (bicyclic) bond motifs is 3. The smallest absolute Gasteiger partial charge is 0.251 e. The lowest BCUT2D eigenvalue weighted by Gasteiger charge is -2.18. The molecule has 5 heteroatoms. The summed E-state index contributed by atoms with van der Waals surface area (Å²) in [5.41, 5.74) is 4.47. The van der Waals surface area contributed by atoms with Gasteiger partial charge in [0.15, 0.2) is 0 Å². The molecule has 1 heterocycles. The van der Waals surface area contributed by atoms with E-state index in [0.29, 0.717) is 24.6 Å². The number of hydrogen-bond donors (Lipinski definition) is 3. The van der Waals surface area contributed by atoms with E-state index in [2.05, 4.69) is 22.5 Å². The second kappa shape index (κ2) is 6.44. The van der Waals surface area contributed by atoms with Crippen LogP contribution < -0.4 is 10.6 Å². The average Bonchev–Trinajstić information content (AvgIpc) is 2.88. The zero-order chi connectivity index (χ0) is 16.4. The molecule has 0 fully saturated rings. The molecule has 122 valence electrons. The van der Waals surface area contributed by atoms with Gasteiger partial charge in [-0.25, -0.2) is 0 Å². The van der Waals surface area contributed by atoms with Gasteiger partial charge in [0, 0.05) is 42.2 Å². The summed E-state index contributed by atoms with van der Waals surface area (Å²) < 4.78 is 0. The van der Waals surface area contributed by atoms with Crippen molar-refractivity contribution in [3.05, 3.63) is 35.0 Å². The molecule has 1 aromatic carbocycles. The molecule has 3 rings (SSSR count). The fourth-order valence-electron chi connectivity index (χ4n) is 3.25. The summed E-state index contributed by atoms with van der Waals surface area (Å²) in [6.07, 6.45) is 3.38. The number of carbonyl (C=O) groups excluding carboxylic acids is 2. The number of hydrogen-bond acceptors (Lipinski definition) is 2. The van der Waals surface area contributed by atoms with Crippen LogP contribution >= 0.6 is 0 Å². The lowest BCUT2D eigenvalue weighted by atomic mass is 9.87. The molecule has 1 aromatic heterocycles. The van der Waals surface area contributed by atoms with Crippen molar-refractivity contribution in [3.63, 3.8) is 0 Å². The molecule has 1 aliphatic carbocycles. The minimum Gasteiger partial charge on any atom is -0.358 e. The van der Waals surface area contributed by atoms with Crippen molar-refractivity contribution in [3.8, 4) is 0 Å². The Morgan fingerprint density at radius 2 is 2.04 bits per heavy atom. The number of carbonyl (C=O) groups is 2. The summed E-state index contributed by atoms with van der Waals surface area (Å²) >= 11 is 0. The molecule has 0 unspecified atom stereocenters. The van der Waals surface area contributed by atoms with E-state index in [-0.39, 0.29) is 11.8 Å². The largest absolute Gasteiger partial charge is 0.358 e. The van der Waals surface area contributed by atoms with Crippen molar-refractivity contribution >= 4 is 22.7 Å². The highest BCUT2D eigenvalue weighted by Gasteiger charge is 2.20. The minimum absolute atomic E-state index is 0.0891. The Bertz CT molecular complexity index is 748. The predicted molar refractivity (Wildman–Crippen MR) is 90.5 cm³/mol. The van der Waals surface area contributed by atoms with E-state index in [4.69, 9.17) is 0 Å². The molecule has 0 saturated carbocycles. The molecule has 1 aliphatic rings. The number of rotatable bonds is 4. The normalized spacial score (nSPS) is 16.9. The van der Waals surface area contributed by atoms with Crippen molar-refractivity contribution in [2.45, 2.75) is 33.1 Å². The summed E-state index contributed by atoms with van der Waals surface area (Å²) in [6.45, 7) is 4.62. The van der Waals surface area contributed by atoms with Crippen LogP contribution in [0.1, 0.15) is 41.9 Å². The summed E-state index contributed by atoms with van der Waals surface area (Å²) in [5.74, 6) is 0.501. The summed E-state index contributed by atoms with van der Waals surface area (Å²) in [6, 6.07) is 5.82. The quantitative estimate of drug-likeness (QED) is 0.757. The summed E-state index contributed by atoms with van der Waals surface area (Å²) in [7, 11) is 0. The molecular formula is C18H23N3O2. The molecule has 3 N–H and O–H groups in total. The molecule has 1 atom stereocenters. The second-order valence-electron chi connectivity index (χ2n) is 6.43. The van der Waals surface area contributed by atoms with Gasteiger partial charge in [-0.1, -0.05) is 6.92 Å². The lowest BCUT2D eigenvalue weighted by Crippen LogP contribution is -2.33. The van der Waals surface area contributed by atoms with Crippen LogP contribution in [-0.2, 0) is 17.6 Å². The number of aromatic nitrogens is 1. The van der Waals surface area contributed by atoms with Crippen molar-refractivity contribution in [2.24, 2.45) is 5.92 Å². The molecule has 0 radical (unpaired) electrons. The van der Waals surface area contributed by atoms with Crippen LogP contribution in [0.3, 0.4) is 0 Å². The van der Waals surface area contributed by atoms with Crippen LogP contribution in [-0.4, -0.2) is 29.9 Å². The zero-order valence-electron chi connectivity index (χ0n) is 13.7. The van der Waals surface area contributed by atoms with E-state index >= 15 is 0 Å². The van der Waals surface area contributed by atoms with Crippen molar-refractivity contribution in [1.29, 1.82) is 0 Å². The Morgan fingerprint density at radius 1 is 1.26 bits per heavy atom. The lowest BCUT2D eigenvalue weighted by molar-refractivity contribution is -0.118. The Balaban J connectivity index is 1.75. The highest BCUT2D eigenvalue weighted by molar-refractivity contribution is 5.99. The zero-order valence-corrected chi connectivity index (χ0v) is 13.7. The molecule has 5 nitrogen and oxygen atoms in total. The molecule has 0 spiro atoms. The highest BCUT2D eigenvalue weighted by atomic mass is 16.2. The third kappa shape index (κ3) is 3.38. The first kappa shape index (κ1) is 15.6. The Morgan fingerprint density at radius 3 is 2.83 bits per heavy atom. The molecule has 0 aliphatic heterocycles. The van der Waals surface area contributed by atoms with E-state index in [0.717, 1.165) is 18.4 Å². The maximum Gasteiger partial charge on any atom is 0.251 e. The standard InChI is InChI=1S/C18H23N3O2/c1-11-3-5-16-14(9-11)15-10-13(4-6-17(15)21-16)18(23)20-8-7-19-12(2)22/h4,6,10-11,21H,3,5,7-9H2,1-2H3,(H,19,22)(H,20,23)/t11-/m0/s1. The van der Waals surface area contributed by atoms with Gasteiger partial charge in [0.2, 0.25) is 5.91 Å². The number of nitrogens with one attached hydrogen (secondary N) is 3. The van der Waals surface area contributed by atoms with Gasteiger partial charge in [-0.3, -0.25) is 9.59 Å². The topological polar surface area (TPSA) is 74.0 Å². The first-order valence-electron chi connectivity index (χ1n) is 8.20. The second-order valence-corrected chi connectivity index (χ2v) is 6.43. The van der Waals surface area contributed by atoms with Crippen molar-refractivity contribution in [2.75, 3.05) is 13.1 Å². The van der Waals surface area contributed by atoms with Gasteiger partial charge in [0.25, 0.3) is 5.91 Å². The van der Waals surface area contributed by atoms with Crippen LogP contribution in [0.15, 0.2) is 18.2 Å². The van der Waals surface area contributed by atoms with Gasteiger partial charge in [0.05, 0.1) is 0 Å². The van der Waals surface area contributed by atoms with E-state index in [9.17, 15) is 9.59 Å². The van der Waals surface area contributed by atoms with E-state index in [1.54, 1.807) is 0 Å². The maximum absolute atomic E-state index is 12.3. The first-order valence-corrected chi connectivity index (χ1v) is 8.20. The highest BCUT2D eigenvalue weighted by Crippen LogP contribution is 2.32. The fraction of sp³-hybridized carbons (Fsp3) is 0.444. The van der Waals surface area contributed by atoms with Gasteiger partial charge in [-0.2, -0.15) is 0 Å². The first-order chi connectivity index (χ1) is 11.0. The van der Waals surface area contributed by atoms with Crippen molar-refractivity contribution in [1.82, 2.24) is 15.6 Å². The van der Waals surface area contributed by atoms with Crippen LogP contribution in [0, 0.1) is 5.92 Å². The van der Waals surface area contributed by atoms with Crippen LogP contribution in [0.25, 0.3) is 10.9 Å². The number of benzene rings is 1. The maximum atomic E-state index is 12.3. The molecule has 2 aromatic rings. The summed E-state index contributed by atoms with van der Waals surface area (Å²) in [4.78, 5) is 26.6. The van der Waals surface area contributed by atoms with Crippen LogP contribution in [0.5, 0.6) is 0 Å². The molecule has 23 heavy (non-hydrogen) atoms. The van der Waals surface area contributed by atoms with Crippen LogP contribution in [0.2, 0.25) is 0 Å². The molecule has 0 bridgehead atoms. The number of amides is 2. The number of aryl methyl sites for hydroxylation is 1. The average molecular weight is 313 g/mol. The third-order valence-corrected chi connectivity index (χ3v) is 4.48. The van der Waals surface area contributed by atoms with Gasteiger partial charge in [-0.05, 0) is 48.9 Å². The number of H-pyrrole nitrogens is 1. The Labute approximate surface area is 135 Å². The minimum atomic E-state index is -0.101. The van der Waals surface area contributed by atoms with Gasteiger partial charge < -0.3 is 15.6 Å². The fourth-order valence-corrected chi connectivity index (χ4v) is 3.25. The van der Waals surface area contributed by atoms with E-state index in [1.165, 1.54) is 30.0 Å². The van der Waals surface area contributed by atoms with Gasteiger partial charge in [-0.15, -0.1) is 0 Å². The number of aromatic amines is 1. The Hall–Kier alpha value is -2.30. The summed E-state index contributed by atoms with van der Waals surface area (Å²) in [5, 5.41) is 6.67.